The summed E-state index contributed by atoms with van der Waals surface area (Å²) in [5.41, 5.74) is 6.97. The fourth-order valence-electron chi connectivity index (χ4n) is 4.86. The smallest absolute Gasteiger partial charge is 0.383 e. The normalized spacial score (nSPS) is 16.1. The third-order valence-corrected chi connectivity index (χ3v) is 8.40. The number of nitrogens with two attached hydrogens (primary N) is 1. The zero-order valence-corrected chi connectivity index (χ0v) is 22.8. The monoisotopic (exact) mass is 603 g/mol. The van der Waals surface area contributed by atoms with Gasteiger partial charge in [0.1, 0.15) is 28.6 Å². The van der Waals surface area contributed by atoms with Crippen LogP contribution < -0.4 is 10.5 Å². The number of likely N-dealkylation sites (tertiary alicyclic amines) is 1. The second-order valence-corrected chi connectivity index (χ2v) is 11.4. The van der Waals surface area contributed by atoms with E-state index in [1.807, 2.05) is 0 Å². The Morgan fingerprint density at radius 3 is 2.60 bits per heavy atom. The number of carbonyl (C=O) groups excluding carboxylic acids is 1. The number of halogens is 4. The van der Waals surface area contributed by atoms with Crippen molar-refractivity contribution in [2.45, 2.75) is 36.5 Å². The van der Waals surface area contributed by atoms with Gasteiger partial charge in [-0.15, -0.1) is 0 Å². The van der Waals surface area contributed by atoms with Crippen molar-refractivity contribution in [1.82, 2.24) is 29.4 Å². The third kappa shape index (κ3) is 5.69. The molecular formula is C27H25F4N7O3S. The van der Waals surface area contributed by atoms with E-state index in [1.165, 1.54) is 12.4 Å². The van der Waals surface area contributed by atoms with Crippen molar-refractivity contribution in [3.8, 4) is 11.3 Å². The number of hydrogen-bond acceptors (Lipinski definition) is 7. The van der Waals surface area contributed by atoms with Crippen LogP contribution in [-0.4, -0.2) is 52.1 Å². The molecule has 0 saturated carbocycles. The van der Waals surface area contributed by atoms with Crippen molar-refractivity contribution < 1.29 is 30.8 Å². The number of sulfonamides is 1. The van der Waals surface area contributed by atoms with Crippen LogP contribution >= 0.6 is 0 Å². The Bertz CT molecular complexity index is 1770. The third-order valence-electron chi connectivity index (χ3n) is 6.99. The van der Waals surface area contributed by atoms with E-state index in [1.54, 1.807) is 33.8 Å². The van der Waals surface area contributed by atoms with Gasteiger partial charge in [0, 0.05) is 25.2 Å². The van der Waals surface area contributed by atoms with Crippen LogP contribution in [0.4, 0.5) is 23.4 Å². The van der Waals surface area contributed by atoms with Gasteiger partial charge in [-0.25, -0.2) is 32.2 Å². The summed E-state index contributed by atoms with van der Waals surface area (Å²) < 4.78 is 82.4. The molecule has 1 saturated heterocycles. The van der Waals surface area contributed by atoms with Crippen molar-refractivity contribution in [2.24, 2.45) is 0 Å². The lowest BCUT2D eigenvalue weighted by Gasteiger charge is -2.32. The van der Waals surface area contributed by atoms with Crippen LogP contribution in [0.25, 0.3) is 22.3 Å². The summed E-state index contributed by atoms with van der Waals surface area (Å²) in [6.45, 7) is 4.27. The van der Waals surface area contributed by atoms with Crippen LogP contribution in [0.5, 0.6) is 0 Å². The number of hydrogen-bond donors (Lipinski definition) is 2. The highest BCUT2D eigenvalue weighted by atomic mass is 32.2. The Hall–Kier alpha value is -4.37. The Balaban J connectivity index is 1.40. The second-order valence-electron chi connectivity index (χ2n) is 9.70. The first kappa shape index (κ1) is 29.1. The molecule has 2 aromatic heterocycles. The molecule has 1 atom stereocenters. The molecule has 42 heavy (non-hydrogen) atoms. The highest BCUT2D eigenvalue weighted by molar-refractivity contribution is 7.89. The fraction of sp³-hybridized carbons (Fsp3) is 0.259. The predicted octanol–water partition coefficient (Wildman–Crippen LogP) is 4.06. The Morgan fingerprint density at radius 1 is 1.17 bits per heavy atom. The molecule has 15 heteroatoms. The summed E-state index contributed by atoms with van der Waals surface area (Å²) in [6, 6.07) is 7.55. The van der Waals surface area contributed by atoms with Gasteiger partial charge in [-0.1, -0.05) is 30.8 Å². The van der Waals surface area contributed by atoms with Crippen LogP contribution in [-0.2, 0) is 27.5 Å². The van der Waals surface area contributed by atoms with Gasteiger partial charge in [0.05, 0.1) is 17.0 Å². The van der Waals surface area contributed by atoms with Gasteiger partial charge >= 0.3 is 6.18 Å². The van der Waals surface area contributed by atoms with Crippen LogP contribution in [0.3, 0.4) is 0 Å². The van der Waals surface area contributed by atoms with E-state index in [4.69, 9.17) is 10.8 Å². The van der Waals surface area contributed by atoms with E-state index >= 15 is 0 Å². The van der Waals surface area contributed by atoms with Crippen LogP contribution in [0.15, 0.2) is 66.3 Å². The molecule has 1 aliphatic rings. The standard InChI is InChI=1S/C27H25F4N7O3S/c1-2-22(39)37-11-3-4-19(14-37)38-26-23(25(32)33-15-34-26)24(36-38)17-7-5-16(6-8-17)13-35-42(40,41)21-12-18(27(29,30)31)9-10-20(21)28/h2,5-10,12,15,19,35H,1,3-4,11,13-14H2,(H2,32,33,34). The molecule has 1 amide bonds. The summed E-state index contributed by atoms with van der Waals surface area (Å²) in [5.74, 6) is -1.27. The molecule has 5 rings (SSSR count). The molecule has 1 fully saturated rings. The first-order chi connectivity index (χ1) is 19.9. The Labute approximate surface area is 237 Å². The molecular weight excluding hydrogens is 578 g/mol. The minimum absolute atomic E-state index is 0.168. The average molecular weight is 604 g/mol. The van der Waals surface area contributed by atoms with E-state index < -0.39 is 32.5 Å². The second kappa shape index (κ2) is 11.1. The van der Waals surface area contributed by atoms with Crippen LogP contribution in [0, 0.1) is 5.82 Å². The number of benzene rings is 2. The molecule has 1 unspecified atom stereocenters. The van der Waals surface area contributed by atoms with Gasteiger partial charge in [-0.2, -0.15) is 18.3 Å². The first-order valence-corrected chi connectivity index (χ1v) is 14.2. The zero-order valence-electron chi connectivity index (χ0n) is 22.0. The van der Waals surface area contributed by atoms with E-state index in [-0.39, 0.29) is 30.4 Å². The number of piperidine rings is 1. The van der Waals surface area contributed by atoms with E-state index in [2.05, 4.69) is 21.3 Å². The summed E-state index contributed by atoms with van der Waals surface area (Å²) >= 11 is 0. The first-order valence-electron chi connectivity index (χ1n) is 12.7. The lowest BCUT2D eigenvalue weighted by atomic mass is 10.1. The van der Waals surface area contributed by atoms with Gasteiger partial charge in [0.15, 0.2) is 5.65 Å². The number of nitrogens with one attached hydrogen (secondary N) is 1. The maximum Gasteiger partial charge on any atom is 0.416 e. The van der Waals surface area contributed by atoms with Crippen LogP contribution in [0.1, 0.15) is 30.0 Å². The van der Waals surface area contributed by atoms with E-state index in [0.29, 0.717) is 53.1 Å². The molecule has 3 heterocycles. The number of anilines is 1. The molecule has 10 nitrogen and oxygen atoms in total. The minimum atomic E-state index is -4.83. The van der Waals surface area contributed by atoms with Gasteiger partial charge < -0.3 is 10.6 Å². The van der Waals surface area contributed by atoms with E-state index in [9.17, 15) is 30.8 Å². The molecule has 3 N–H and O–H groups in total. The quantitative estimate of drug-likeness (QED) is 0.240. The molecule has 0 radical (unpaired) electrons. The van der Waals surface area contributed by atoms with Crippen molar-refractivity contribution in [1.29, 1.82) is 0 Å². The molecule has 4 aromatic rings. The SMILES string of the molecule is C=CC(=O)N1CCCC(n2nc(-c3ccc(CNS(=O)(=O)c4cc(C(F)(F)F)ccc4F)cc3)c3c(N)ncnc32)C1. The van der Waals surface area contributed by atoms with Gasteiger partial charge in [0.25, 0.3) is 0 Å². The molecule has 2 aromatic carbocycles. The summed E-state index contributed by atoms with van der Waals surface area (Å²) in [4.78, 5) is 21.3. The van der Waals surface area contributed by atoms with Crippen LogP contribution in [0.2, 0.25) is 0 Å². The highest BCUT2D eigenvalue weighted by Crippen LogP contribution is 2.34. The number of rotatable bonds is 7. The lowest BCUT2D eigenvalue weighted by molar-refractivity contribution is -0.137. The Kier molecular flexibility index (Phi) is 7.72. The van der Waals surface area contributed by atoms with Crippen molar-refractivity contribution in [3.63, 3.8) is 0 Å². The zero-order chi connectivity index (χ0) is 30.2. The van der Waals surface area contributed by atoms with Gasteiger partial charge in [-0.05, 0) is 42.7 Å². The molecule has 1 aliphatic heterocycles. The number of alkyl halides is 3. The molecule has 0 spiro atoms. The maximum atomic E-state index is 14.2. The predicted molar refractivity (Wildman–Crippen MR) is 146 cm³/mol. The fourth-order valence-corrected chi connectivity index (χ4v) is 5.98. The number of fused-ring (bicyclic) bond motifs is 1. The van der Waals surface area contributed by atoms with Gasteiger partial charge in [-0.3, -0.25) is 4.79 Å². The number of nitrogen functional groups attached to an aromatic ring is 1. The summed E-state index contributed by atoms with van der Waals surface area (Å²) in [5, 5.41) is 5.29. The number of aromatic nitrogens is 4. The highest BCUT2D eigenvalue weighted by Gasteiger charge is 2.33. The number of carbonyl (C=O) groups is 1. The van der Waals surface area contributed by atoms with Crippen molar-refractivity contribution in [3.05, 3.63) is 78.4 Å². The summed E-state index contributed by atoms with van der Waals surface area (Å²) in [6.07, 6.45) is -0.716. The number of amides is 1. The topological polar surface area (TPSA) is 136 Å². The van der Waals surface area contributed by atoms with Gasteiger partial charge in [0.2, 0.25) is 15.9 Å². The van der Waals surface area contributed by atoms with Crippen molar-refractivity contribution >= 4 is 32.8 Å². The average Bonchev–Trinajstić information content (AvgIpc) is 3.36. The lowest BCUT2D eigenvalue weighted by Crippen LogP contribution is -2.40. The molecule has 220 valence electrons. The molecule has 0 aliphatic carbocycles. The minimum Gasteiger partial charge on any atom is -0.383 e. The van der Waals surface area contributed by atoms with E-state index in [0.717, 1.165) is 12.8 Å². The molecule has 0 bridgehead atoms. The maximum absolute atomic E-state index is 14.2. The van der Waals surface area contributed by atoms with Crippen molar-refractivity contribution in [2.75, 3.05) is 18.8 Å². The summed E-state index contributed by atoms with van der Waals surface area (Å²) in [7, 11) is -4.60. The number of nitrogens with zero attached hydrogens (tertiary/aromatic N) is 5. The largest absolute Gasteiger partial charge is 0.416 e. The Morgan fingerprint density at radius 2 is 1.90 bits per heavy atom.